The van der Waals surface area contributed by atoms with E-state index >= 15 is 0 Å². The topological polar surface area (TPSA) is 61.6 Å². The summed E-state index contributed by atoms with van der Waals surface area (Å²) in [6.45, 7) is 8.79. The molecule has 0 bridgehead atoms. The molecule has 3 aromatic rings. The number of hydrogen-bond donors (Lipinski definition) is 1. The Bertz CT molecular complexity index is 987. The Kier molecular flexibility index (Phi) is 8.65. The molecule has 0 aliphatic carbocycles. The lowest BCUT2D eigenvalue weighted by Gasteiger charge is -2.36. The van der Waals surface area contributed by atoms with Crippen LogP contribution in [0.25, 0.3) is 10.8 Å². The van der Waals surface area contributed by atoms with Gasteiger partial charge in [-0.1, -0.05) is 49.4 Å². The number of nitrogens with zero attached hydrogens (tertiary/aromatic N) is 6. The predicted molar refractivity (Wildman–Crippen MR) is 137 cm³/mol. The third kappa shape index (κ3) is 5.74. The van der Waals surface area contributed by atoms with Gasteiger partial charge in [-0.25, -0.2) is 0 Å². The van der Waals surface area contributed by atoms with Crippen molar-refractivity contribution in [1.82, 2.24) is 29.9 Å². The molecule has 1 fully saturated rings. The maximum Gasteiger partial charge on any atom is 0.193 e. The molecule has 1 aromatic heterocycles. The van der Waals surface area contributed by atoms with E-state index in [1.54, 1.807) is 6.33 Å². The maximum atomic E-state index is 4.50. The average molecular weight is 533 g/mol. The van der Waals surface area contributed by atoms with Crippen LogP contribution in [-0.4, -0.2) is 70.3 Å². The van der Waals surface area contributed by atoms with Crippen LogP contribution in [0.4, 0.5) is 0 Å². The minimum atomic E-state index is 0. The van der Waals surface area contributed by atoms with E-state index in [2.05, 4.69) is 84.3 Å². The van der Waals surface area contributed by atoms with Crippen LogP contribution in [0.15, 0.2) is 53.8 Å². The summed E-state index contributed by atoms with van der Waals surface area (Å²) in [4.78, 5) is 9.39. The third-order valence-corrected chi connectivity index (χ3v) is 5.81. The number of guanidine groups is 1. The highest BCUT2D eigenvalue weighted by molar-refractivity contribution is 14.0. The Balaban J connectivity index is 0.00000272. The zero-order valence-electron chi connectivity index (χ0n) is 18.4. The quantitative estimate of drug-likeness (QED) is 0.300. The molecule has 0 spiro atoms. The molecule has 0 amide bonds. The van der Waals surface area contributed by atoms with Gasteiger partial charge in [-0.2, -0.15) is 0 Å². The molecular weight excluding hydrogens is 501 g/mol. The highest BCUT2D eigenvalue weighted by Crippen LogP contribution is 2.20. The third-order valence-electron chi connectivity index (χ3n) is 5.81. The lowest BCUT2D eigenvalue weighted by molar-refractivity contribution is 0.173. The second kappa shape index (κ2) is 11.4. The van der Waals surface area contributed by atoms with Crippen molar-refractivity contribution in [2.24, 2.45) is 4.99 Å². The number of piperazine rings is 1. The molecule has 7 nitrogen and oxygen atoms in total. The molecular formula is C23H32IN7. The van der Waals surface area contributed by atoms with Gasteiger partial charge in [0.15, 0.2) is 5.96 Å². The van der Waals surface area contributed by atoms with Crippen LogP contribution in [0.1, 0.15) is 18.3 Å². The Morgan fingerprint density at radius 3 is 2.61 bits per heavy atom. The summed E-state index contributed by atoms with van der Waals surface area (Å²) in [5.41, 5.74) is 1.41. The summed E-state index contributed by atoms with van der Waals surface area (Å²) in [5.74, 6) is 2.00. The van der Waals surface area contributed by atoms with Gasteiger partial charge < -0.3 is 14.8 Å². The fourth-order valence-corrected chi connectivity index (χ4v) is 4.15. The highest BCUT2D eigenvalue weighted by atomic mass is 127. The van der Waals surface area contributed by atoms with Crippen LogP contribution >= 0.6 is 24.0 Å². The van der Waals surface area contributed by atoms with Gasteiger partial charge in [0.2, 0.25) is 0 Å². The summed E-state index contributed by atoms with van der Waals surface area (Å²) in [6.07, 6.45) is 2.70. The molecule has 1 aliphatic heterocycles. The Morgan fingerprint density at radius 2 is 1.84 bits per heavy atom. The standard InChI is InChI=1S/C23H31N7.HI/c1-3-22-27-26-18-30(22)12-11-25-23(24-2)29-15-13-28(14-16-29)17-20-9-6-8-19-7-4-5-10-21(19)20;/h4-10,18H,3,11-17H2,1-2H3,(H,24,25);1H. The molecule has 0 saturated carbocycles. The number of benzene rings is 2. The highest BCUT2D eigenvalue weighted by Gasteiger charge is 2.20. The smallest absolute Gasteiger partial charge is 0.193 e. The first kappa shape index (κ1) is 23.5. The second-order valence-electron chi connectivity index (χ2n) is 7.67. The fraction of sp³-hybridized carbons (Fsp3) is 0.435. The number of rotatable bonds is 6. The Labute approximate surface area is 201 Å². The van der Waals surface area contributed by atoms with E-state index in [1.807, 2.05) is 7.05 Å². The number of aromatic nitrogens is 3. The van der Waals surface area contributed by atoms with Crippen LogP contribution < -0.4 is 5.32 Å². The van der Waals surface area contributed by atoms with Crippen molar-refractivity contribution in [2.45, 2.75) is 26.4 Å². The molecule has 4 rings (SSSR count). The molecule has 2 heterocycles. The van der Waals surface area contributed by atoms with Crippen LogP contribution in [0.5, 0.6) is 0 Å². The molecule has 0 atom stereocenters. The SMILES string of the molecule is CCc1nncn1CCNC(=NC)N1CCN(Cc2cccc3ccccc23)CC1.I. The first-order chi connectivity index (χ1) is 14.8. The van der Waals surface area contributed by atoms with Gasteiger partial charge in [-0.15, -0.1) is 34.2 Å². The van der Waals surface area contributed by atoms with E-state index in [0.29, 0.717) is 0 Å². The van der Waals surface area contributed by atoms with Gasteiger partial charge in [-0.3, -0.25) is 9.89 Å². The number of aryl methyl sites for hydroxylation is 1. The molecule has 8 heteroatoms. The second-order valence-corrected chi connectivity index (χ2v) is 7.67. The summed E-state index contributed by atoms with van der Waals surface area (Å²) in [6, 6.07) is 15.3. The van der Waals surface area contributed by atoms with Crippen molar-refractivity contribution in [3.63, 3.8) is 0 Å². The number of halogens is 1. The summed E-state index contributed by atoms with van der Waals surface area (Å²) >= 11 is 0. The van der Waals surface area contributed by atoms with Gasteiger partial charge in [0, 0.05) is 59.3 Å². The van der Waals surface area contributed by atoms with Gasteiger partial charge in [0.05, 0.1) is 0 Å². The normalized spacial score (nSPS) is 15.2. The van der Waals surface area contributed by atoms with E-state index in [1.165, 1.54) is 16.3 Å². The number of fused-ring (bicyclic) bond motifs is 1. The lowest BCUT2D eigenvalue weighted by Crippen LogP contribution is -2.52. The van der Waals surface area contributed by atoms with Crippen molar-refractivity contribution in [3.05, 3.63) is 60.2 Å². The van der Waals surface area contributed by atoms with Crippen molar-refractivity contribution in [1.29, 1.82) is 0 Å². The first-order valence-electron chi connectivity index (χ1n) is 10.8. The van der Waals surface area contributed by atoms with Crippen LogP contribution in [0.3, 0.4) is 0 Å². The van der Waals surface area contributed by atoms with Crippen molar-refractivity contribution in [2.75, 3.05) is 39.8 Å². The Hall–Kier alpha value is -2.20. The molecule has 1 saturated heterocycles. The van der Waals surface area contributed by atoms with Gasteiger partial charge >= 0.3 is 0 Å². The molecule has 31 heavy (non-hydrogen) atoms. The number of hydrogen-bond acceptors (Lipinski definition) is 4. The van der Waals surface area contributed by atoms with E-state index in [9.17, 15) is 0 Å². The van der Waals surface area contributed by atoms with Crippen LogP contribution in [0, 0.1) is 0 Å². The van der Waals surface area contributed by atoms with Crippen molar-refractivity contribution < 1.29 is 0 Å². The molecule has 2 aromatic carbocycles. The average Bonchev–Trinajstić information content (AvgIpc) is 3.25. The number of aliphatic imine (C=N–C) groups is 1. The monoisotopic (exact) mass is 533 g/mol. The molecule has 1 aliphatic rings. The van der Waals surface area contributed by atoms with Crippen LogP contribution in [-0.2, 0) is 19.5 Å². The van der Waals surface area contributed by atoms with E-state index in [4.69, 9.17) is 0 Å². The molecule has 0 radical (unpaired) electrons. The first-order valence-corrected chi connectivity index (χ1v) is 10.8. The zero-order valence-corrected chi connectivity index (χ0v) is 20.7. The summed E-state index contributed by atoms with van der Waals surface area (Å²) in [5, 5.41) is 14.3. The number of nitrogens with one attached hydrogen (secondary N) is 1. The minimum Gasteiger partial charge on any atom is -0.354 e. The molecule has 166 valence electrons. The fourth-order valence-electron chi connectivity index (χ4n) is 4.15. The predicted octanol–water partition coefficient (Wildman–Crippen LogP) is 3.00. The maximum absolute atomic E-state index is 4.50. The molecule has 0 unspecified atom stereocenters. The summed E-state index contributed by atoms with van der Waals surface area (Å²) in [7, 11) is 1.86. The molecule has 1 N–H and O–H groups in total. The van der Waals surface area contributed by atoms with Gasteiger partial charge in [0.25, 0.3) is 0 Å². The van der Waals surface area contributed by atoms with Crippen molar-refractivity contribution >= 4 is 40.7 Å². The zero-order chi connectivity index (χ0) is 20.8. The largest absolute Gasteiger partial charge is 0.354 e. The van der Waals surface area contributed by atoms with E-state index in [-0.39, 0.29) is 24.0 Å². The van der Waals surface area contributed by atoms with Crippen LogP contribution in [0.2, 0.25) is 0 Å². The van der Waals surface area contributed by atoms with E-state index < -0.39 is 0 Å². The van der Waals surface area contributed by atoms with E-state index in [0.717, 1.165) is 64.0 Å². The Morgan fingerprint density at radius 1 is 1.06 bits per heavy atom. The lowest BCUT2D eigenvalue weighted by atomic mass is 10.0. The summed E-state index contributed by atoms with van der Waals surface area (Å²) < 4.78 is 2.10. The van der Waals surface area contributed by atoms with Gasteiger partial charge in [0.1, 0.15) is 12.2 Å². The van der Waals surface area contributed by atoms with Crippen molar-refractivity contribution in [3.8, 4) is 0 Å². The minimum absolute atomic E-state index is 0. The van der Waals surface area contributed by atoms with Gasteiger partial charge in [-0.05, 0) is 16.3 Å².